The molecule has 2 heterocycles. The number of hydrogen-bond acceptors (Lipinski definition) is 5. The number of benzene rings is 3. The summed E-state index contributed by atoms with van der Waals surface area (Å²) in [6.07, 6.45) is 1.72. The summed E-state index contributed by atoms with van der Waals surface area (Å²) < 4.78 is 106. The first kappa shape index (κ1) is 36.3. The topological polar surface area (TPSA) is 123 Å². The molecule has 5 aromatic rings. The molecule has 17 heteroatoms. The zero-order valence-corrected chi connectivity index (χ0v) is 24.3. The van der Waals surface area contributed by atoms with Crippen LogP contribution in [-0.4, -0.2) is 46.5 Å². The third-order valence-electron chi connectivity index (χ3n) is 6.76. The number of nitrogens with zero attached hydrogens (tertiary/aromatic N) is 3. The molecular formula is C30H23BF8N5O3. The van der Waals surface area contributed by atoms with E-state index in [9.17, 15) is 44.7 Å². The summed E-state index contributed by atoms with van der Waals surface area (Å²) in [5.41, 5.74) is 5.48. The van der Waals surface area contributed by atoms with Crippen LogP contribution in [0.5, 0.6) is 0 Å². The zero-order valence-electron chi connectivity index (χ0n) is 24.3. The van der Waals surface area contributed by atoms with Crippen molar-refractivity contribution in [1.82, 2.24) is 19.9 Å². The minimum Gasteiger partial charge on any atom is -0.477 e. The number of aromatic nitrogens is 3. The van der Waals surface area contributed by atoms with Crippen molar-refractivity contribution < 1.29 is 49.8 Å². The highest BCUT2D eigenvalue weighted by atomic mass is 19.2. The van der Waals surface area contributed by atoms with Crippen molar-refractivity contribution in [1.29, 1.82) is 0 Å². The number of para-hydroxylation sites is 1. The largest absolute Gasteiger partial charge is 0.477 e. The average molecular weight is 664 g/mol. The molecule has 3 radical (unpaired) electrons. The Hall–Kier alpha value is -5.22. The molecule has 0 atom stereocenters. The average Bonchev–Trinajstić information content (AvgIpc) is 3.39. The normalized spacial score (nSPS) is 10.8. The number of aryl methyl sites for hydroxylation is 2. The van der Waals surface area contributed by atoms with E-state index in [1.807, 2.05) is 31.2 Å². The van der Waals surface area contributed by atoms with Crippen LogP contribution in [-0.2, 0) is 13.0 Å². The number of aromatic carboxylic acids is 1. The summed E-state index contributed by atoms with van der Waals surface area (Å²) in [6, 6.07) is 7.61. The van der Waals surface area contributed by atoms with Crippen LogP contribution in [0.2, 0.25) is 0 Å². The fourth-order valence-electron chi connectivity index (χ4n) is 4.63. The van der Waals surface area contributed by atoms with Gasteiger partial charge in [-0.2, -0.15) is 0 Å². The molecule has 0 saturated carbocycles. The molecule has 0 spiro atoms. The Labute approximate surface area is 262 Å². The summed E-state index contributed by atoms with van der Waals surface area (Å²) in [6.45, 7) is 2.60. The van der Waals surface area contributed by atoms with Gasteiger partial charge in [0.15, 0.2) is 52.4 Å². The number of imidazole rings is 1. The van der Waals surface area contributed by atoms with Gasteiger partial charge >= 0.3 is 5.97 Å². The third-order valence-corrected chi connectivity index (χ3v) is 6.76. The van der Waals surface area contributed by atoms with Crippen LogP contribution >= 0.6 is 0 Å². The van der Waals surface area contributed by atoms with Crippen molar-refractivity contribution in [2.75, 3.05) is 12.3 Å². The second-order valence-electron chi connectivity index (χ2n) is 9.70. The fraction of sp³-hybridized carbons (Fsp3) is 0.200. The summed E-state index contributed by atoms with van der Waals surface area (Å²) in [5.74, 6) is -16.1. The van der Waals surface area contributed by atoms with Crippen molar-refractivity contribution in [3.8, 4) is 0 Å². The number of nitrogens with two attached hydrogens (primary N) is 1. The maximum atomic E-state index is 13.8. The number of rotatable bonds is 8. The number of carboxylic acids is 1. The molecule has 0 saturated heterocycles. The van der Waals surface area contributed by atoms with Gasteiger partial charge in [-0.25, -0.2) is 49.9 Å². The molecular weight excluding hydrogens is 641 g/mol. The predicted octanol–water partition coefficient (Wildman–Crippen LogP) is 6.06. The standard InChI is InChI=1S/C23H21F4N5O.C7H2F4O2.B/c1-2-16-31-20-21(12-7-3-4-8-15(12)30-22(20)28)32(16)10-6-5-9-29-23(33)17-18(26)13(24)11-14(25)19(17)27;8-2-1-3(9)6(11)4(5(2)10)7(12)13;/h3-4,7-8,11H,2,5-6,9-10H2,1H3,(H2,28,30)(H,29,33);1H,(H,12,13);. The predicted molar refractivity (Wildman–Crippen MR) is 156 cm³/mol. The molecule has 1 amide bonds. The highest BCUT2D eigenvalue weighted by molar-refractivity contribution is 6.06. The van der Waals surface area contributed by atoms with E-state index >= 15 is 0 Å². The van der Waals surface area contributed by atoms with Gasteiger partial charge in [0.25, 0.3) is 5.91 Å². The lowest BCUT2D eigenvalue weighted by Gasteiger charge is -2.11. The Morgan fingerprint density at radius 3 is 1.89 bits per heavy atom. The summed E-state index contributed by atoms with van der Waals surface area (Å²) in [5, 5.41) is 11.4. The van der Waals surface area contributed by atoms with Gasteiger partial charge in [-0.05, 0) is 18.9 Å². The van der Waals surface area contributed by atoms with Gasteiger partial charge < -0.3 is 20.7 Å². The maximum Gasteiger partial charge on any atom is 0.341 e. The number of halogens is 8. The highest BCUT2D eigenvalue weighted by Crippen LogP contribution is 2.29. The van der Waals surface area contributed by atoms with Gasteiger partial charge in [0, 0.05) is 45.4 Å². The number of carbonyl (C=O) groups excluding carboxylic acids is 1. The molecule has 4 N–H and O–H groups in total. The Kier molecular flexibility index (Phi) is 11.5. The molecule has 2 aromatic heterocycles. The number of unbranched alkanes of at least 4 members (excludes halogenated alkanes) is 1. The number of carbonyl (C=O) groups is 2. The van der Waals surface area contributed by atoms with E-state index in [1.54, 1.807) is 0 Å². The smallest absolute Gasteiger partial charge is 0.341 e. The van der Waals surface area contributed by atoms with Crippen molar-refractivity contribution in [2.24, 2.45) is 0 Å². The number of nitrogen functional groups attached to an aromatic ring is 1. The van der Waals surface area contributed by atoms with Gasteiger partial charge in [-0.3, -0.25) is 4.79 Å². The number of nitrogens with one attached hydrogen (secondary N) is 1. The lowest BCUT2D eigenvalue weighted by atomic mass is 10.1. The first-order chi connectivity index (χ1) is 21.8. The first-order valence-electron chi connectivity index (χ1n) is 13.5. The molecule has 0 aliphatic carbocycles. The Balaban J connectivity index is 0.000000362. The van der Waals surface area contributed by atoms with Crippen molar-refractivity contribution >= 4 is 48.0 Å². The van der Waals surface area contributed by atoms with E-state index in [2.05, 4.69) is 19.9 Å². The Bertz CT molecular complexity index is 1940. The van der Waals surface area contributed by atoms with Crippen LogP contribution in [0.3, 0.4) is 0 Å². The Morgan fingerprint density at radius 2 is 1.36 bits per heavy atom. The monoisotopic (exact) mass is 664 g/mol. The van der Waals surface area contributed by atoms with E-state index in [0.29, 0.717) is 37.1 Å². The maximum absolute atomic E-state index is 13.8. The van der Waals surface area contributed by atoms with E-state index in [-0.39, 0.29) is 27.1 Å². The van der Waals surface area contributed by atoms with Gasteiger partial charge in [0.05, 0.1) is 11.0 Å². The summed E-state index contributed by atoms with van der Waals surface area (Å²) in [4.78, 5) is 31.3. The summed E-state index contributed by atoms with van der Waals surface area (Å²) >= 11 is 0. The van der Waals surface area contributed by atoms with E-state index in [0.717, 1.165) is 22.2 Å². The molecule has 0 fully saturated rings. The molecule has 5 rings (SSSR count). The molecule has 47 heavy (non-hydrogen) atoms. The van der Waals surface area contributed by atoms with Crippen molar-refractivity contribution in [2.45, 2.75) is 32.7 Å². The van der Waals surface area contributed by atoms with Crippen molar-refractivity contribution in [3.63, 3.8) is 0 Å². The van der Waals surface area contributed by atoms with Crippen LogP contribution in [0.15, 0.2) is 36.4 Å². The second-order valence-corrected chi connectivity index (χ2v) is 9.70. The summed E-state index contributed by atoms with van der Waals surface area (Å²) in [7, 11) is 0. The number of anilines is 1. The van der Waals surface area contributed by atoms with E-state index < -0.39 is 69.5 Å². The quantitative estimate of drug-likeness (QED) is 0.0803. The lowest BCUT2D eigenvalue weighted by molar-refractivity contribution is 0.0683. The fourth-order valence-corrected chi connectivity index (χ4v) is 4.63. The van der Waals surface area contributed by atoms with Crippen LogP contribution < -0.4 is 11.1 Å². The van der Waals surface area contributed by atoms with Gasteiger partial charge in [-0.1, -0.05) is 25.1 Å². The van der Waals surface area contributed by atoms with Gasteiger partial charge in [-0.15, -0.1) is 0 Å². The lowest BCUT2D eigenvalue weighted by Crippen LogP contribution is -2.27. The van der Waals surface area contributed by atoms with E-state index in [4.69, 9.17) is 10.8 Å². The molecule has 0 bridgehead atoms. The number of amides is 1. The van der Waals surface area contributed by atoms with Gasteiger partial charge in [0.2, 0.25) is 0 Å². The number of fused-ring (bicyclic) bond motifs is 3. The van der Waals surface area contributed by atoms with Crippen LogP contribution in [0.4, 0.5) is 40.9 Å². The van der Waals surface area contributed by atoms with E-state index in [1.165, 1.54) is 0 Å². The van der Waals surface area contributed by atoms with Crippen molar-refractivity contribution in [3.05, 3.63) is 99.9 Å². The van der Waals surface area contributed by atoms with Crippen LogP contribution in [0.25, 0.3) is 21.9 Å². The molecule has 3 aromatic carbocycles. The SMILES string of the molecule is CCc1nc2c(N)nc3ccccc3c2n1CCCCNC(=O)c1c(F)c(F)cc(F)c1F.O=C(O)c1c(F)c(F)cc(F)c1F.[B]. The Morgan fingerprint density at radius 1 is 0.830 bits per heavy atom. The molecule has 0 aliphatic heterocycles. The minimum absolute atomic E-state index is 0. The molecule has 0 aliphatic rings. The van der Waals surface area contributed by atoms with Gasteiger partial charge in [0.1, 0.15) is 22.5 Å². The van der Waals surface area contributed by atoms with Crippen LogP contribution in [0.1, 0.15) is 46.3 Å². The number of carboxylic acid groups (broad SMARTS) is 1. The second kappa shape index (κ2) is 14.9. The number of pyridine rings is 1. The first-order valence-corrected chi connectivity index (χ1v) is 13.5. The number of hydrogen-bond donors (Lipinski definition) is 3. The molecule has 8 nitrogen and oxygen atoms in total. The zero-order chi connectivity index (χ0) is 33.9. The van der Waals surface area contributed by atoms with Crippen LogP contribution in [0, 0.1) is 46.5 Å². The third kappa shape index (κ3) is 7.28. The minimum atomic E-state index is -2.06. The molecule has 245 valence electrons. The highest BCUT2D eigenvalue weighted by Gasteiger charge is 2.25. The molecule has 0 unspecified atom stereocenters.